The lowest BCUT2D eigenvalue weighted by Crippen LogP contribution is -2.45. The van der Waals surface area contributed by atoms with E-state index in [1.807, 2.05) is 50.2 Å². The number of nitrogens with zero attached hydrogens (tertiary/aromatic N) is 2. The molecule has 0 bridgehead atoms. The van der Waals surface area contributed by atoms with Gasteiger partial charge in [-0.05, 0) is 25.8 Å². The van der Waals surface area contributed by atoms with Gasteiger partial charge in [0.1, 0.15) is 6.07 Å². The molecule has 1 aliphatic carbocycles. The van der Waals surface area contributed by atoms with E-state index in [1.54, 1.807) is 0 Å². The summed E-state index contributed by atoms with van der Waals surface area (Å²) in [6, 6.07) is 11.3. The lowest BCUT2D eigenvalue weighted by atomic mass is 9.69. The second-order valence-electron chi connectivity index (χ2n) is 5.20. The molecule has 98 valence electrons. The molecule has 0 saturated carbocycles. The second kappa shape index (κ2) is 4.85. The minimum atomic E-state index is -1.54. The summed E-state index contributed by atoms with van der Waals surface area (Å²) in [5.41, 5.74) is 1.45. The second-order valence-corrected chi connectivity index (χ2v) is 5.20. The van der Waals surface area contributed by atoms with Crippen molar-refractivity contribution in [3.8, 4) is 6.07 Å². The van der Waals surface area contributed by atoms with Crippen molar-refractivity contribution in [3.05, 3.63) is 57.2 Å². The highest BCUT2D eigenvalue weighted by Crippen LogP contribution is 2.44. The highest BCUT2D eigenvalue weighted by atomic mass is 16.6. The molecule has 1 aliphatic rings. The number of rotatable bonds is 2. The van der Waals surface area contributed by atoms with E-state index >= 15 is 0 Å². The first-order valence-electron chi connectivity index (χ1n) is 6.27. The number of allylic oxidation sites excluding steroid dienone is 1. The molecule has 0 amide bonds. The van der Waals surface area contributed by atoms with Crippen LogP contribution in [-0.2, 0) is 0 Å². The van der Waals surface area contributed by atoms with Gasteiger partial charge in [-0.1, -0.05) is 41.5 Å². The summed E-state index contributed by atoms with van der Waals surface area (Å²) in [7, 11) is 0. The van der Waals surface area contributed by atoms with Crippen LogP contribution < -0.4 is 0 Å². The molecular formula is C15H16N2O2. The zero-order valence-electron chi connectivity index (χ0n) is 11.1. The van der Waals surface area contributed by atoms with Crippen molar-refractivity contribution >= 4 is 0 Å². The summed E-state index contributed by atoms with van der Waals surface area (Å²) in [4.78, 5) is 11.1. The third-order valence-corrected chi connectivity index (χ3v) is 4.07. The van der Waals surface area contributed by atoms with E-state index in [1.165, 1.54) is 0 Å². The van der Waals surface area contributed by atoms with Gasteiger partial charge in [-0.15, -0.1) is 0 Å². The van der Waals surface area contributed by atoms with Gasteiger partial charge < -0.3 is 0 Å². The standard InChI is InChI=1S/C15H16N2O2/c1-11-8-14(13-6-4-3-5-7-13)15(10-16,17(18)19)9-12(11)2/h3-7,14H,8-9H2,1-2H3/t14-,15-/m1/s1. The normalized spacial score (nSPS) is 26.9. The van der Waals surface area contributed by atoms with Gasteiger partial charge in [0.2, 0.25) is 0 Å². The van der Waals surface area contributed by atoms with Crippen molar-refractivity contribution in [3.63, 3.8) is 0 Å². The molecule has 2 atom stereocenters. The Morgan fingerprint density at radius 2 is 1.95 bits per heavy atom. The highest BCUT2D eigenvalue weighted by molar-refractivity contribution is 5.35. The molecule has 2 rings (SSSR count). The molecule has 4 heteroatoms. The summed E-state index contributed by atoms with van der Waals surface area (Å²) < 4.78 is 0. The topological polar surface area (TPSA) is 66.9 Å². The summed E-state index contributed by atoms with van der Waals surface area (Å²) >= 11 is 0. The molecule has 1 aromatic rings. The smallest absolute Gasteiger partial charge is 0.263 e. The van der Waals surface area contributed by atoms with Gasteiger partial charge in [-0.2, -0.15) is 5.26 Å². The van der Waals surface area contributed by atoms with Crippen LogP contribution >= 0.6 is 0 Å². The van der Waals surface area contributed by atoms with E-state index in [-0.39, 0.29) is 12.3 Å². The van der Waals surface area contributed by atoms with E-state index in [0.717, 1.165) is 16.7 Å². The Balaban J connectivity index is 2.56. The Labute approximate surface area is 112 Å². The van der Waals surface area contributed by atoms with Crippen LogP contribution in [0.4, 0.5) is 0 Å². The molecule has 0 unspecified atom stereocenters. The van der Waals surface area contributed by atoms with Crippen molar-refractivity contribution in [2.45, 2.75) is 38.1 Å². The molecular weight excluding hydrogens is 240 g/mol. The van der Waals surface area contributed by atoms with Crippen LogP contribution in [0, 0.1) is 21.4 Å². The van der Waals surface area contributed by atoms with Crippen LogP contribution in [0.25, 0.3) is 0 Å². The van der Waals surface area contributed by atoms with E-state index < -0.39 is 10.5 Å². The third-order valence-electron chi connectivity index (χ3n) is 4.07. The average molecular weight is 256 g/mol. The summed E-state index contributed by atoms with van der Waals surface area (Å²) in [5.74, 6) is -0.377. The molecule has 0 N–H and O–H groups in total. The predicted molar refractivity (Wildman–Crippen MR) is 72.1 cm³/mol. The van der Waals surface area contributed by atoms with Crippen LogP contribution in [-0.4, -0.2) is 10.5 Å². The maximum atomic E-state index is 11.5. The summed E-state index contributed by atoms with van der Waals surface area (Å²) in [6.07, 6.45) is 0.784. The largest absolute Gasteiger partial charge is 0.316 e. The summed E-state index contributed by atoms with van der Waals surface area (Å²) in [5, 5.41) is 20.9. The van der Waals surface area contributed by atoms with Crippen LogP contribution in [0.5, 0.6) is 0 Å². The Kier molecular flexibility index (Phi) is 3.39. The van der Waals surface area contributed by atoms with Crippen LogP contribution in [0.15, 0.2) is 41.5 Å². The van der Waals surface area contributed by atoms with E-state index in [2.05, 4.69) is 0 Å². The molecule has 0 saturated heterocycles. The molecule has 0 radical (unpaired) electrons. The predicted octanol–water partition coefficient (Wildman–Crippen LogP) is 3.44. The van der Waals surface area contributed by atoms with Crippen LogP contribution in [0.1, 0.15) is 38.2 Å². The molecule has 19 heavy (non-hydrogen) atoms. The Hall–Kier alpha value is -2.15. The van der Waals surface area contributed by atoms with Gasteiger partial charge in [0, 0.05) is 4.92 Å². The number of nitriles is 1. The number of hydrogen-bond donors (Lipinski definition) is 0. The average Bonchev–Trinajstić information content (AvgIpc) is 2.42. The SMILES string of the molecule is CC1=C(C)C[C@](C#N)([N+](=O)[O-])[C@@H](c2ccccc2)C1. The zero-order chi connectivity index (χ0) is 14.0. The van der Waals surface area contributed by atoms with Gasteiger partial charge in [0.25, 0.3) is 0 Å². The fraction of sp³-hybridized carbons (Fsp3) is 0.400. The molecule has 0 heterocycles. The van der Waals surface area contributed by atoms with Gasteiger partial charge in [0.05, 0.1) is 12.3 Å². The number of benzene rings is 1. The number of nitro groups is 1. The van der Waals surface area contributed by atoms with Gasteiger partial charge >= 0.3 is 5.54 Å². The fourth-order valence-electron chi connectivity index (χ4n) is 2.76. The van der Waals surface area contributed by atoms with Crippen molar-refractivity contribution in [1.82, 2.24) is 0 Å². The van der Waals surface area contributed by atoms with Crippen molar-refractivity contribution in [2.75, 3.05) is 0 Å². The zero-order valence-corrected chi connectivity index (χ0v) is 11.1. The molecule has 0 aromatic heterocycles. The van der Waals surface area contributed by atoms with Crippen molar-refractivity contribution < 1.29 is 4.92 Å². The van der Waals surface area contributed by atoms with E-state index in [9.17, 15) is 15.4 Å². The molecule has 4 nitrogen and oxygen atoms in total. The Morgan fingerprint density at radius 1 is 1.32 bits per heavy atom. The van der Waals surface area contributed by atoms with Gasteiger partial charge in [0.15, 0.2) is 0 Å². The lowest BCUT2D eigenvalue weighted by molar-refractivity contribution is -0.557. The Morgan fingerprint density at radius 3 is 2.47 bits per heavy atom. The van der Waals surface area contributed by atoms with Crippen LogP contribution in [0.3, 0.4) is 0 Å². The molecule has 0 spiro atoms. The van der Waals surface area contributed by atoms with Crippen LogP contribution in [0.2, 0.25) is 0 Å². The quantitative estimate of drug-likeness (QED) is 0.462. The molecule has 0 aliphatic heterocycles. The fourth-order valence-corrected chi connectivity index (χ4v) is 2.76. The first kappa shape index (κ1) is 13.3. The van der Waals surface area contributed by atoms with Gasteiger partial charge in [-0.25, -0.2) is 0 Å². The lowest BCUT2D eigenvalue weighted by Gasteiger charge is -2.33. The monoisotopic (exact) mass is 256 g/mol. The minimum absolute atomic E-state index is 0.210. The molecule has 1 aromatic carbocycles. The molecule has 0 fully saturated rings. The van der Waals surface area contributed by atoms with E-state index in [4.69, 9.17) is 0 Å². The first-order chi connectivity index (χ1) is 9.01. The minimum Gasteiger partial charge on any atom is -0.263 e. The maximum Gasteiger partial charge on any atom is 0.316 e. The van der Waals surface area contributed by atoms with E-state index in [0.29, 0.717) is 6.42 Å². The number of hydrogen-bond acceptors (Lipinski definition) is 3. The van der Waals surface area contributed by atoms with Crippen molar-refractivity contribution in [2.24, 2.45) is 0 Å². The Bertz CT molecular complexity index is 572. The van der Waals surface area contributed by atoms with Gasteiger partial charge in [-0.3, -0.25) is 10.1 Å². The highest BCUT2D eigenvalue weighted by Gasteiger charge is 2.54. The first-order valence-corrected chi connectivity index (χ1v) is 6.27. The summed E-state index contributed by atoms with van der Waals surface area (Å²) in [6.45, 7) is 3.87. The third kappa shape index (κ3) is 2.12. The maximum absolute atomic E-state index is 11.5. The van der Waals surface area contributed by atoms with Crippen molar-refractivity contribution in [1.29, 1.82) is 5.26 Å².